The Morgan fingerprint density at radius 1 is 1.10 bits per heavy atom. The molecule has 0 amide bonds. The quantitative estimate of drug-likeness (QED) is 0.588. The average Bonchev–Trinajstić information content (AvgIpc) is 3.19. The van der Waals surface area contributed by atoms with Crippen molar-refractivity contribution < 1.29 is 18.7 Å². The van der Waals surface area contributed by atoms with Crippen LogP contribution in [-0.2, 0) is 9.59 Å². The van der Waals surface area contributed by atoms with Gasteiger partial charge in [-0.1, -0.05) is 6.07 Å². The predicted octanol–water partition coefficient (Wildman–Crippen LogP) is 3.62. The van der Waals surface area contributed by atoms with Crippen LogP contribution in [0.4, 0.5) is 0 Å². The van der Waals surface area contributed by atoms with Crippen LogP contribution in [0.5, 0.6) is 5.75 Å². The van der Waals surface area contributed by atoms with Crippen LogP contribution in [0.25, 0.3) is 21.7 Å². The number of carbonyl (C=O) groups is 2. The van der Waals surface area contributed by atoms with Crippen molar-refractivity contribution in [2.24, 2.45) is 0 Å². The molecule has 6 nitrogen and oxygen atoms in total. The number of ketones is 2. The van der Waals surface area contributed by atoms with E-state index in [0.717, 1.165) is 65.8 Å². The minimum Gasteiger partial charge on any atom is -0.492 e. The van der Waals surface area contributed by atoms with Gasteiger partial charge in [0.15, 0.2) is 0 Å². The number of hydrogen-bond acceptors (Lipinski definition) is 6. The van der Waals surface area contributed by atoms with Crippen LogP contribution in [0, 0.1) is 0 Å². The monoisotopic (exact) mass is 420 g/mol. The van der Waals surface area contributed by atoms with Gasteiger partial charge in [0.1, 0.15) is 29.5 Å². The molecule has 31 heavy (non-hydrogen) atoms. The SMILES string of the molecule is CN1CCN(CCOc2ccc3c(ccc4occ([C@@H]5CCC(=O)CC5=O)c43)c2)CC1. The van der Waals surface area contributed by atoms with E-state index in [2.05, 4.69) is 29.0 Å². The number of piperazine rings is 1. The van der Waals surface area contributed by atoms with Crippen LogP contribution in [0.3, 0.4) is 0 Å². The van der Waals surface area contributed by atoms with Crippen LogP contribution in [0.15, 0.2) is 41.0 Å². The van der Waals surface area contributed by atoms with E-state index in [1.54, 1.807) is 6.26 Å². The zero-order valence-electron chi connectivity index (χ0n) is 17.9. The molecular weight excluding hydrogens is 392 g/mol. The highest BCUT2D eigenvalue weighted by molar-refractivity contribution is 6.11. The molecule has 0 spiro atoms. The highest BCUT2D eigenvalue weighted by Gasteiger charge is 2.31. The lowest BCUT2D eigenvalue weighted by Crippen LogP contribution is -2.45. The van der Waals surface area contributed by atoms with Crippen molar-refractivity contribution in [1.29, 1.82) is 0 Å². The molecule has 1 atom stereocenters. The molecule has 2 heterocycles. The lowest BCUT2D eigenvalue weighted by Gasteiger charge is -2.32. The molecule has 0 radical (unpaired) electrons. The van der Waals surface area contributed by atoms with Gasteiger partial charge in [-0.05, 0) is 48.5 Å². The Morgan fingerprint density at radius 3 is 2.74 bits per heavy atom. The van der Waals surface area contributed by atoms with Gasteiger partial charge in [0.2, 0.25) is 0 Å². The largest absolute Gasteiger partial charge is 0.492 e. The summed E-state index contributed by atoms with van der Waals surface area (Å²) < 4.78 is 11.8. The van der Waals surface area contributed by atoms with Crippen molar-refractivity contribution in [3.8, 4) is 5.75 Å². The van der Waals surface area contributed by atoms with Gasteiger partial charge in [0, 0.05) is 56.0 Å². The maximum atomic E-state index is 12.5. The van der Waals surface area contributed by atoms with Crippen molar-refractivity contribution in [3.05, 3.63) is 42.2 Å². The number of nitrogens with zero attached hydrogens (tertiary/aromatic N) is 2. The lowest BCUT2D eigenvalue weighted by molar-refractivity contribution is -0.130. The minimum atomic E-state index is -0.260. The number of likely N-dealkylation sites (N-methyl/N-ethyl adjacent to an activating group) is 1. The Hall–Kier alpha value is -2.70. The molecule has 1 aliphatic heterocycles. The summed E-state index contributed by atoms with van der Waals surface area (Å²) in [6, 6.07) is 10.1. The second-order valence-electron chi connectivity index (χ2n) is 8.78. The Kier molecular flexibility index (Phi) is 5.50. The highest BCUT2D eigenvalue weighted by atomic mass is 16.5. The van der Waals surface area contributed by atoms with Gasteiger partial charge >= 0.3 is 0 Å². The Morgan fingerprint density at radius 2 is 1.94 bits per heavy atom. The van der Waals surface area contributed by atoms with Gasteiger partial charge in [0.05, 0.1) is 12.7 Å². The van der Waals surface area contributed by atoms with E-state index in [1.165, 1.54) is 0 Å². The van der Waals surface area contributed by atoms with Crippen molar-refractivity contribution >= 4 is 33.3 Å². The number of furan rings is 1. The zero-order chi connectivity index (χ0) is 21.4. The second-order valence-corrected chi connectivity index (χ2v) is 8.78. The van der Waals surface area contributed by atoms with Crippen molar-refractivity contribution in [1.82, 2.24) is 9.80 Å². The van der Waals surface area contributed by atoms with E-state index < -0.39 is 0 Å². The molecule has 1 aromatic heterocycles. The van der Waals surface area contributed by atoms with Gasteiger partial charge < -0.3 is 14.1 Å². The first-order chi connectivity index (χ1) is 15.1. The Bertz CT molecular complexity index is 1130. The number of ether oxygens (including phenoxy) is 1. The highest BCUT2D eigenvalue weighted by Crippen LogP contribution is 2.38. The summed E-state index contributed by atoms with van der Waals surface area (Å²) in [4.78, 5) is 28.9. The fourth-order valence-electron chi connectivity index (χ4n) is 4.78. The number of carbonyl (C=O) groups excluding carboxylic acids is 2. The van der Waals surface area contributed by atoms with Crippen LogP contribution in [0.1, 0.15) is 30.7 Å². The number of Topliss-reactive ketones (excluding diaryl/α,β-unsaturated/α-hetero) is 2. The average molecular weight is 421 g/mol. The third-order valence-corrected chi connectivity index (χ3v) is 6.67. The van der Waals surface area contributed by atoms with E-state index in [-0.39, 0.29) is 23.9 Å². The smallest absolute Gasteiger partial charge is 0.147 e. The molecule has 0 bridgehead atoms. The maximum absolute atomic E-state index is 12.5. The molecule has 1 saturated carbocycles. The van der Waals surface area contributed by atoms with Gasteiger partial charge in [-0.2, -0.15) is 0 Å². The van der Waals surface area contributed by atoms with Crippen molar-refractivity contribution in [3.63, 3.8) is 0 Å². The molecule has 5 rings (SSSR count). The first kappa shape index (κ1) is 20.2. The summed E-state index contributed by atoms with van der Waals surface area (Å²) in [7, 11) is 2.16. The molecule has 1 aliphatic carbocycles. The van der Waals surface area contributed by atoms with Crippen molar-refractivity contribution in [2.75, 3.05) is 46.4 Å². The predicted molar refractivity (Wildman–Crippen MR) is 120 cm³/mol. The van der Waals surface area contributed by atoms with E-state index in [4.69, 9.17) is 9.15 Å². The van der Waals surface area contributed by atoms with Crippen LogP contribution < -0.4 is 4.74 Å². The number of rotatable bonds is 5. The maximum Gasteiger partial charge on any atom is 0.147 e. The third kappa shape index (κ3) is 4.10. The van der Waals surface area contributed by atoms with Gasteiger partial charge in [-0.15, -0.1) is 0 Å². The van der Waals surface area contributed by atoms with E-state index >= 15 is 0 Å². The molecule has 1 saturated heterocycles. The molecule has 2 fully saturated rings. The topological polar surface area (TPSA) is 63.0 Å². The number of benzene rings is 2. The normalized spacial score (nSPS) is 21.3. The van der Waals surface area contributed by atoms with E-state index in [0.29, 0.717) is 19.4 Å². The Labute approximate surface area is 181 Å². The summed E-state index contributed by atoms with van der Waals surface area (Å²) in [6.45, 7) is 5.99. The third-order valence-electron chi connectivity index (χ3n) is 6.67. The van der Waals surface area contributed by atoms with Gasteiger partial charge in [-0.25, -0.2) is 0 Å². The molecule has 2 aromatic carbocycles. The zero-order valence-corrected chi connectivity index (χ0v) is 17.9. The molecule has 2 aliphatic rings. The van der Waals surface area contributed by atoms with E-state index in [1.807, 2.05) is 18.2 Å². The summed E-state index contributed by atoms with van der Waals surface area (Å²) in [6.07, 6.45) is 2.76. The molecule has 3 aromatic rings. The van der Waals surface area contributed by atoms with Crippen LogP contribution in [0.2, 0.25) is 0 Å². The molecule has 0 unspecified atom stereocenters. The molecule has 162 valence electrons. The number of fused-ring (bicyclic) bond motifs is 3. The van der Waals surface area contributed by atoms with Gasteiger partial charge in [-0.3, -0.25) is 14.5 Å². The minimum absolute atomic E-state index is 0.000173. The van der Waals surface area contributed by atoms with Crippen LogP contribution >= 0.6 is 0 Å². The second kappa shape index (κ2) is 8.44. The summed E-state index contributed by atoms with van der Waals surface area (Å²) in [5.41, 5.74) is 1.68. The summed E-state index contributed by atoms with van der Waals surface area (Å²) in [5.74, 6) is 0.631. The first-order valence-electron chi connectivity index (χ1n) is 11.1. The van der Waals surface area contributed by atoms with Crippen LogP contribution in [-0.4, -0.2) is 67.7 Å². The van der Waals surface area contributed by atoms with Gasteiger partial charge in [0.25, 0.3) is 0 Å². The molecular formula is C25H28N2O4. The first-order valence-corrected chi connectivity index (χ1v) is 11.1. The molecule has 0 N–H and O–H groups in total. The fraction of sp³-hybridized carbons (Fsp3) is 0.440. The molecule has 6 heteroatoms. The summed E-state index contributed by atoms with van der Waals surface area (Å²) in [5, 5.41) is 3.10. The fourth-order valence-corrected chi connectivity index (χ4v) is 4.78. The van der Waals surface area contributed by atoms with E-state index in [9.17, 15) is 9.59 Å². The lowest BCUT2D eigenvalue weighted by atomic mass is 9.81. The number of hydrogen-bond donors (Lipinski definition) is 0. The van der Waals surface area contributed by atoms with Crippen molar-refractivity contribution in [2.45, 2.75) is 25.2 Å². The standard InChI is InChI=1S/C25H28N2O4/c1-26-8-10-27(11-9-26)12-13-30-19-4-6-20-17(14-19)2-7-24-25(20)22(16-31-24)21-5-3-18(28)15-23(21)29/h2,4,6-7,14,16,21H,3,5,8-13,15H2,1H3/t21-/m0/s1. The summed E-state index contributed by atoms with van der Waals surface area (Å²) >= 11 is 0. The Balaban J connectivity index is 1.35.